The smallest absolute Gasteiger partial charge is 0.414 e. The molecule has 1 aromatic carbocycles. The van der Waals surface area contributed by atoms with Crippen LogP contribution in [0, 0.1) is 0 Å². The number of hydrogen-bond acceptors (Lipinski definition) is 10. The number of carbonyl (C=O) groups is 3. The molecule has 14 nitrogen and oxygen atoms in total. The predicted molar refractivity (Wildman–Crippen MR) is 167 cm³/mol. The van der Waals surface area contributed by atoms with Crippen molar-refractivity contribution >= 4 is 27.8 Å². The number of ether oxygens (including phenoxy) is 1. The standard InChI is InChI=1S/C27H48N6O4S.C2H2O4/c1-24(2)33(22-23-38(35,36)26-8-6-25(37-5)7-9-26)27(34)32(20-18-30-14-10-28(3)11-15-30)21-19-31-16-12-29(4)13-17-31;3-1(4)2(5)6/h6-9,24H,10-23H2,1-5H3;(H,3,4)(H,5,6). The zero-order valence-corrected chi connectivity index (χ0v) is 27.5. The second-order valence-electron chi connectivity index (χ2n) is 11.5. The van der Waals surface area contributed by atoms with Crippen LogP contribution in [0.2, 0.25) is 0 Å². The SMILES string of the molecule is COc1ccc(S(=O)(=O)CCN(C(=O)N(CCN2CCN(C)CC2)CCN2CCN(C)CC2)C(C)C)cc1.O=C(O)C(=O)O. The fraction of sp³-hybridized carbons (Fsp3) is 0.690. The third kappa shape index (κ3) is 12.6. The third-order valence-electron chi connectivity index (χ3n) is 7.91. The molecule has 1 aromatic rings. The quantitative estimate of drug-likeness (QED) is 0.301. The molecular weight excluding hydrogens is 592 g/mol. The molecule has 0 spiro atoms. The molecule has 250 valence electrons. The van der Waals surface area contributed by atoms with E-state index < -0.39 is 21.8 Å². The summed E-state index contributed by atoms with van der Waals surface area (Å²) >= 11 is 0. The van der Waals surface area contributed by atoms with Gasteiger partial charge in [0, 0.05) is 91.1 Å². The predicted octanol–water partition coefficient (Wildman–Crippen LogP) is 0.252. The maximum Gasteiger partial charge on any atom is 0.414 e. The van der Waals surface area contributed by atoms with Gasteiger partial charge in [0.15, 0.2) is 9.84 Å². The Morgan fingerprint density at radius 2 is 1.23 bits per heavy atom. The van der Waals surface area contributed by atoms with E-state index in [1.807, 2.05) is 18.7 Å². The van der Waals surface area contributed by atoms with Crippen molar-refractivity contribution < 1.29 is 37.8 Å². The minimum atomic E-state index is -3.54. The maximum atomic E-state index is 13.9. The average molecular weight is 643 g/mol. The lowest BCUT2D eigenvalue weighted by Gasteiger charge is -2.38. The number of carboxylic acid groups (broad SMARTS) is 2. The van der Waals surface area contributed by atoms with E-state index in [0.29, 0.717) is 18.8 Å². The molecule has 0 radical (unpaired) electrons. The second kappa shape index (κ2) is 18.1. The molecule has 3 rings (SSSR count). The number of amides is 2. The van der Waals surface area contributed by atoms with Crippen LogP contribution in [0.1, 0.15) is 13.8 Å². The number of nitrogens with zero attached hydrogens (tertiary/aromatic N) is 6. The summed E-state index contributed by atoms with van der Waals surface area (Å²) in [5, 5.41) is 14.8. The Hall–Kier alpha value is -2.98. The first-order valence-electron chi connectivity index (χ1n) is 14.9. The van der Waals surface area contributed by atoms with Crippen molar-refractivity contribution in [3.63, 3.8) is 0 Å². The van der Waals surface area contributed by atoms with E-state index in [9.17, 15) is 13.2 Å². The fourth-order valence-electron chi connectivity index (χ4n) is 4.85. The summed E-state index contributed by atoms with van der Waals surface area (Å²) in [7, 11) is 2.30. The molecule has 2 aliphatic rings. The lowest BCUT2D eigenvalue weighted by atomic mass is 10.3. The first-order valence-corrected chi connectivity index (χ1v) is 16.6. The topological polar surface area (TPSA) is 154 Å². The normalized spacial score (nSPS) is 17.0. The molecule has 2 N–H and O–H groups in total. The Morgan fingerprint density at radius 1 is 0.795 bits per heavy atom. The number of rotatable bonds is 12. The number of urea groups is 1. The highest BCUT2D eigenvalue weighted by Gasteiger charge is 2.27. The fourth-order valence-corrected chi connectivity index (χ4v) is 6.07. The molecule has 0 saturated carbocycles. The molecule has 2 heterocycles. The van der Waals surface area contributed by atoms with Crippen LogP contribution in [0.25, 0.3) is 0 Å². The number of aliphatic carboxylic acids is 2. The van der Waals surface area contributed by atoms with Crippen molar-refractivity contribution in [2.45, 2.75) is 24.8 Å². The van der Waals surface area contributed by atoms with E-state index in [2.05, 4.69) is 33.7 Å². The van der Waals surface area contributed by atoms with Gasteiger partial charge in [0.2, 0.25) is 0 Å². The van der Waals surface area contributed by atoms with Gasteiger partial charge in [-0.3, -0.25) is 9.80 Å². The maximum absolute atomic E-state index is 13.9. The van der Waals surface area contributed by atoms with Gasteiger partial charge < -0.3 is 34.5 Å². The van der Waals surface area contributed by atoms with Crippen molar-refractivity contribution in [3.8, 4) is 5.75 Å². The van der Waals surface area contributed by atoms with Gasteiger partial charge in [-0.25, -0.2) is 22.8 Å². The van der Waals surface area contributed by atoms with Crippen LogP contribution in [0.15, 0.2) is 29.2 Å². The molecule has 2 aliphatic heterocycles. The molecule has 2 fully saturated rings. The first kappa shape index (κ1) is 37.2. The summed E-state index contributed by atoms with van der Waals surface area (Å²) in [6, 6.07) is 6.24. The molecule has 0 aliphatic carbocycles. The van der Waals surface area contributed by atoms with Crippen molar-refractivity contribution in [2.75, 3.05) is 112 Å². The number of piperazine rings is 2. The van der Waals surface area contributed by atoms with E-state index in [1.165, 1.54) is 0 Å². The van der Waals surface area contributed by atoms with Crippen molar-refractivity contribution in [1.29, 1.82) is 0 Å². The minimum Gasteiger partial charge on any atom is -0.497 e. The van der Waals surface area contributed by atoms with Gasteiger partial charge >= 0.3 is 18.0 Å². The summed E-state index contributed by atoms with van der Waals surface area (Å²) < 4.78 is 31.3. The van der Waals surface area contributed by atoms with Crippen LogP contribution in [-0.4, -0.2) is 184 Å². The van der Waals surface area contributed by atoms with Crippen LogP contribution in [0.3, 0.4) is 0 Å². The highest BCUT2D eigenvalue weighted by atomic mass is 32.2. The first-order chi connectivity index (χ1) is 20.7. The van der Waals surface area contributed by atoms with Crippen molar-refractivity contribution in [1.82, 2.24) is 29.4 Å². The van der Waals surface area contributed by atoms with E-state index in [1.54, 1.807) is 36.3 Å². The summed E-state index contributed by atoms with van der Waals surface area (Å²) in [5.41, 5.74) is 0. The highest BCUT2D eigenvalue weighted by Crippen LogP contribution is 2.18. The van der Waals surface area contributed by atoms with Crippen molar-refractivity contribution in [2.24, 2.45) is 0 Å². The molecule has 2 amide bonds. The van der Waals surface area contributed by atoms with Crippen LogP contribution in [0.4, 0.5) is 4.79 Å². The van der Waals surface area contributed by atoms with Gasteiger partial charge in [-0.05, 0) is 52.2 Å². The minimum absolute atomic E-state index is 0.0758. The van der Waals surface area contributed by atoms with Crippen LogP contribution in [0.5, 0.6) is 5.75 Å². The zero-order valence-electron chi connectivity index (χ0n) is 26.7. The number of methoxy groups -OCH3 is 1. The summed E-state index contributed by atoms with van der Waals surface area (Å²) in [6.45, 7) is 15.2. The monoisotopic (exact) mass is 642 g/mol. The van der Waals surface area contributed by atoms with E-state index in [-0.39, 0.29) is 29.3 Å². The number of hydrogen-bond donors (Lipinski definition) is 2. The molecule has 0 atom stereocenters. The van der Waals surface area contributed by atoms with Gasteiger partial charge in [0.1, 0.15) is 5.75 Å². The van der Waals surface area contributed by atoms with Crippen LogP contribution in [-0.2, 0) is 19.4 Å². The molecule has 0 unspecified atom stereocenters. The van der Waals surface area contributed by atoms with Crippen LogP contribution >= 0.6 is 0 Å². The van der Waals surface area contributed by atoms with E-state index in [4.69, 9.17) is 24.5 Å². The summed E-state index contributed by atoms with van der Waals surface area (Å²) in [6.07, 6.45) is 0. The van der Waals surface area contributed by atoms with Crippen LogP contribution < -0.4 is 4.74 Å². The third-order valence-corrected chi connectivity index (χ3v) is 9.62. The van der Waals surface area contributed by atoms with E-state index >= 15 is 0 Å². The molecule has 0 aromatic heterocycles. The van der Waals surface area contributed by atoms with Gasteiger partial charge in [-0.15, -0.1) is 0 Å². The molecular formula is C29H50N6O8S. The van der Waals surface area contributed by atoms with E-state index in [0.717, 1.165) is 65.4 Å². The molecule has 0 bridgehead atoms. The number of carbonyl (C=O) groups excluding carboxylic acids is 1. The van der Waals surface area contributed by atoms with Crippen molar-refractivity contribution in [3.05, 3.63) is 24.3 Å². The lowest BCUT2D eigenvalue weighted by Crippen LogP contribution is -2.54. The highest BCUT2D eigenvalue weighted by molar-refractivity contribution is 7.91. The summed E-state index contributed by atoms with van der Waals surface area (Å²) in [4.78, 5) is 45.5. The largest absolute Gasteiger partial charge is 0.497 e. The van der Waals surface area contributed by atoms with Gasteiger partial charge in [0.05, 0.1) is 17.8 Å². The second-order valence-corrected chi connectivity index (χ2v) is 13.6. The molecule has 44 heavy (non-hydrogen) atoms. The van der Waals surface area contributed by atoms with Gasteiger partial charge in [0.25, 0.3) is 0 Å². The Labute approximate surface area is 261 Å². The Kier molecular flexibility index (Phi) is 15.3. The lowest BCUT2D eigenvalue weighted by molar-refractivity contribution is -0.159. The van der Waals surface area contributed by atoms with Gasteiger partial charge in [-0.2, -0.15) is 0 Å². The Morgan fingerprint density at radius 3 is 1.59 bits per heavy atom. The van der Waals surface area contributed by atoms with Gasteiger partial charge in [-0.1, -0.05) is 0 Å². The Bertz CT molecular complexity index is 1110. The summed E-state index contributed by atoms with van der Waals surface area (Å²) in [5.74, 6) is -3.15. The number of benzene rings is 1. The number of sulfone groups is 1. The number of carboxylic acids is 2. The Balaban J connectivity index is 0.00000102. The zero-order chi connectivity index (χ0) is 32.9. The molecule has 15 heteroatoms. The molecule has 2 saturated heterocycles. The number of likely N-dealkylation sites (N-methyl/N-ethyl adjacent to an activating group) is 2. The average Bonchev–Trinajstić information content (AvgIpc) is 2.99.